The van der Waals surface area contributed by atoms with Crippen LogP contribution in [-0.2, 0) is 4.79 Å². The van der Waals surface area contributed by atoms with Crippen molar-refractivity contribution in [2.75, 3.05) is 40.3 Å². The average molecular weight is 333 g/mol. The van der Waals surface area contributed by atoms with Crippen molar-refractivity contribution in [3.63, 3.8) is 0 Å². The maximum atomic E-state index is 12.9. The molecule has 4 bridgehead atoms. The molecule has 0 atom stereocenters. The number of hydrogen-bond donors (Lipinski definition) is 0. The van der Waals surface area contributed by atoms with Gasteiger partial charge in [0.2, 0.25) is 5.91 Å². The molecule has 3 amide bonds. The van der Waals surface area contributed by atoms with Gasteiger partial charge in [0, 0.05) is 46.7 Å². The van der Waals surface area contributed by atoms with E-state index in [9.17, 15) is 9.59 Å². The Hall–Kier alpha value is -1.26. The first kappa shape index (κ1) is 16.2. The second-order valence-electron chi connectivity index (χ2n) is 9.14. The number of carbonyl (C=O) groups excluding carboxylic acids is 2. The third kappa shape index (κ3) is 2.91. The molecule has 1 saturated heterocycles. The number of rotatable bonds is 2. The van der Waals surface area contributed by atoms with Crippen LogP contribution < -0.4 is 0 Å². The van der Waals surface area contributed by atoms with E-state index in [1.54, 1.807) is 19.0 Å². The van der Waals surface area contributed by atoms with E-state index in [1.807, 2.05) is 9.80 Å². The zero-order valence-electron chi connectivity index (χ0n) is 15.2. The monoisotopic (exact) mass is 333 g/mol. The lowest BCUT2D eigenvalue weighted by molar-refractivity contribution is -0.141. The van der Waals surface area contributed by atoms with Crippen molar-refractivity contribution < 1.29 is 9.59 Å². The highest BCUT2D eigenvalue weighted by molar-refractivity contribution is 5.78. The van der Waals surface area contributed by atoms with Gasteiger partial charge in [-0.2, -0.15) is 0 Å². The van der Waals surface area contributed by atoms with E-state index < -0.39 is 0 Å². The van der Waals surface area contributed by atoms with Gasteiger partial charge in [0.15, 0.2) is 0 Å². The summed E-state index contributed by atoms with van der Waals surface area (Å²) in [6.45, 7) is 2.74. The van der Waals surface area contributed by atoms with Crippen LogP contribution in [0.4, 0.5) is 4.79 Å². The molecule has 5 fully saturated rings. The Kier molecular flexibility index (Phi) is 4.00. The van der Waals surface area contributed by atoms with Crippen LogP contribution in [0.3, 0.4) is 0 Å². The van der Waals surface area contributed by atoms with Gasteiger partial charge in [0.05, 0.1) is 0 Å². The van der Waals surface area contributed by atoms with Crippen molar-refractivity contribution >= 4 is 11.9 Å². The van der Waals surface area contributed by atoms with Gasteiger partial charge in [-0.25, -0.2) is 4.79 Å². The van der Waals surface area contributed by atoms with Gasteiger partial charge >= 0.3 is 6.03 Å². The third-order valence-electron chi connectivity index (χ3n) is 6.98. The zero-order valence-corrected chi connectivity index (χ0v) is 15.2. The fourth-order valence-electron chi connectivity index (χ4n) is 6.37. The maximum Gasteiger partial charge on any atom is 0.319 e. The van der Waals surface area contributed by atoms with Gasteiger partial charge < -0.3 is 14.7 Å². The molecule has 0 N–H and O–H groups in total. The predicted octanol–water partition coefficient (Wildman–Crippen LogP) is 2.42. The van der Waals surface area contributed by atoms with Crippen molar-refractivity contribution in [2.24, 2.45) is 23.2 Å². The second-order valence-corrected chi connectivity index (χ2v) is 9.14. The predicted molar refractivity (Wildman–Crippen MR) is 92.5 cm³/mol. The Bertz CT molecular complexity index is 487. The number of nitrogens with zero attached hydrogens (tertiary/aromatic N) is 3. The largest absolute Gasteiger partial charge is 0.339 e. The van der Waals surface area contributed by atoms with E-state index >= 15 is 0 Å². The lowest BCUT2D eigenvalue weighted by Gasteiger charge is -2.57. The molecule has 4 aliphatic carbocycles. The molecule has 1 heterocycles. The Morgan fingerprint density at radius 1 is 0.875 bits per heavy atom. The maximum absolute atomic E-state index is 12.9. The van der Waals surface area contributed by atoms with Gasteiger partial charge in [-0.1, -0.05) is 0 Å². The first-order valence-electron chi connectivity index (χ1n) is 9.68. The fraction of sp³-hybridized carbons (Fsp3) is 0.895. The van der Waals surface area contributed by atoms with Gasteiger partial charge in [0.25, 0.3) is 0 Å². The number of carbonyl (C=O) groups is 2. The topological polar surface area (TPSA) is 43.9 Å². The van der Waals surface area contributed by atoms with E-state index in [0.717, 1.165) is 24.2 Å². The molecule has 134 valence electrons. The van der Waals surface area contributed by atoms with E-state index in [2.05, 4.69) is 0 Å². The third-order valence-corrected chi connectivity index (χ3v) is 6.98. The van der Waals surface area contributed by atoms with E-state index in [0.29, 0.717) is 37.5 Å². The van der Waals surface area contributed by atoms with Gasteiger partial charge in [0.1, 0.15) is 0 Å². The highest BCUT2D eigenvalue weighted by Crippen LogP contribution is 2.61. The van der Waals surface area contributed by atoms with E-state index in [-0.39, 0.29) is 6.03 Å². The molecule has 0 spiro atoms. The molecule has 0 radical (unpaired) electrons. The van der Waals surface area contributed by atoms with E-state index in [1.165, 1.54) is 38.5 Å². The number of hydrogen-bond acceptors (Lipinski definition) is 2. The number of urea groups is 1. The minimum atomic E-state index is 0.0585. The molecule has 5 rings (SSSR count). The molecule has 0 aromatic rings. The van der Waals surface area contributed by atoms with Crippen molar-refractivity contribution in [2.45, 2.75) is 44.9 Å². The number of piperazine rings is 1. The number of amides is 3. The van der Waals surface area contributed by atoms with Crippen molar-refractivity contribution in [1.82, 2.24) is 14.7 Å². The quantitative estimate of drug-likeness (QED) is 0.779. The standard InChI is InChI=1S/C19H31N3O2/c1-20(2)18(24)22-5-3-21(4-6-22)17(23)13-19-10-14-7-15(11-19)9-16(8-14)12-19/h14-16H,3-13H2,1-2H3. The molecule has 0 aromatic carbocycles. The van der Waals surface area contributed by atoms with Crippen LogP contribution in [-0.4, -0.2) is 66.9 Å². The second kappa shape index (κ2) is 5.92. The summed E-state index contributed by atoms with van der Waals surface area (Å²) in [7, 11) is 3.57. The van der Waals surface area contributed by atoms with E-state index in [4.69, 9.17) is 0 Å². The highest BCUT2D eigenvalue weighted by Gasteiger charge is 2.51. The summed E-state index contributed by atoms with van der Waals surface area (Å²) in [5, 5.41) is 0. The normalized spacial score (nSPS) is 37.7. The van der Waals surface area contributed by atoms with Crippen LogP contribution in [0.2, 0.25) is 0 Å². The molecule has 5 heteroatoms. The van der Waals surface area contributed by atoms with Crippen molar-refractivity contribution in [3.05, 3.63) is 0 Å². The molecule has 1 aliphatic heterocycles. The Morgan fingerprint density at radius 3 is 1.79 bits per heavy atom. The summed E-state index contributed by atoms with van der Waals surface area (Å²) < 4.78 is 0. The summed E-state index contributed by atoms with van der Waals surface area (Å²) in [4.78, 5) is 30.4. The first-order valence-corrected chi connectivity index (χ1v) is 9.68. The van der Waals surface area contributed by atoms with Crippen LogP contribution >= 0.6 is 0 Å². The lowest BCUT2D eigenvalue weighted by atomic mass is 9.49. The van der Waals surface area contributed by atoms with Gasteiger partial charge in [-0.3, -0.25) is 4.79 Å². The lowest BCUT2D eigenvalue weighted by Crippen LogP contribution is -2.54. The smallest absolute Gasteiger partial charge is 0.319 e. The summed E-state index contributed by atoms with van der Waals surface area (Å²) in [6, 6.07) is 0.0585. The SMILES string of the molecule is CN(C)C(=O)N1CCN(C(=O)CC23CC4CC(CC(C4)C2)C3)CC1. The van der Waals surface area contributed by atoms with Gasteiger partial charge in [-0.15, -0.1) is 0 Å². The van der Waals surface area contributed by atoms with Crippen molar-refractivity contribution in [1.29, 1.82) is 0 Å². The Labute approximate surface area is 145 Å². The Morgan fingerprint density at radius 2 is 1.33 bits per heavy atom. The highest BCUT2D eigenvalue weighted by atomic mass is 16.2. The molecular formula is C19H31N3O2. The first-order chi connectivity index (χ1) is 11.4. The molecule has 24 heavy (non-hydrogen) atoms. The summed E-state index contributed by atoms with van der Waals surface area (Å²) >= 11 is 0. The minimum Gasteiger partial charge on any atom is -0.339 e. The zero-order chi connectivity index (χ0) is 16.9. The average Bonchev–Trinajstić information content (AvgIpc) is 2.52. The summed E-state index contributed by atoms with van der Waals surface area (Å²) in [5.74, 6) is 3.05. The Balaban J connectivity index is 1.34. The van der Waals surface area contributed by atoms with Gasteiger partial charge in [-0.05, 0) is 61.7 Å². The van der Waals surface area contributed by atoms with Crippen LogP contribution in [0, 0.1) is 23.2 Å². The van der Waals surface area contributed by atoms with Crippen LogP contribution in [0.15, 0.2) is 0 Å². The molecule has 5 nitrogen and oxygen atoms in total. The molecular weight excluding hydrogens is 302 g/mol. The van der Waals surface area contributed by atoms with Crippen LogP contribution in [0.25, 0.3) is 0 Å². The molecule has 4 saturated carbocycles. The fourth-order valence-corrected chi connectivity index (χ4v) is 6.37. The minimum absolute atomic E-state index is 0.0585. The van der Waals surface area contributed by atoms with Crippen LogP contribution in [0.1, 0.15) is 44.9 Å². The van der Waals surface area contributed by atoms with Crippen LogP contribution in [0.5, 0.6) is 0 Å². The summed E-state index contributed by atoms with van der Waals surface area (Å²) in [5.41, 5.74) is 0.322. The van der Waals surface area contributed by atoms with Crippen molar-refractivity contribution in [3.8, 4) is 0 Å². The molecule has 0 unspecified atom stereocenters. The molecule has 0 aromatic heterocycles. The summed E-state index contributed by atoms with van der Waals surface area (Å²) in [6.07, 6.45) is 8.94. The molecule has 5 aliphatic rings.